The van der Waals surface area contributed by atoms with Crippen LogP contribution in [0.2, 0.25) is 0 Å². The van der Waals surface area contributed by atoms with Gasteiger partial charge in [-0.3, -0.25) is 5.32 Å². The Balaban J connectivity index is 2.39. The molecule has 104 valence electrons. The van der Waals surface area contributed by atoms with Gasteiger partial charge in [0.2, 0.25) is 0 Å². The number of hydrogen-bond donors (Lipinski definition) is 1. The molecule has 0 saturated heterocycles. The van der Waals surface area contributed by atoms with E-state index in [0.717, 1.165) is 19.3 Å². The van der Waals surface area contributed by atoms with E-state index in [9.17, 15) is 18.4 Å². The van der Waals surface area contributed by atoms with Gasteiger partial charge in [-0.2, -0.15) is 18.4 Å². The van der Waals surface area contributed by atoms with Crippen LogP contribution in [-0.2, 0) is 4.74 Å². The van der Waals surface area contributed by atoms with E-state index in [2.05, 4.69) is 11.4 Å². The molecule has 1 saturated carbocycles. The molecular formula is C12H19F3N2O. The predicted molar refractivity (Wildman–Crippen MR) is 60.9 cm³/mol. The van der Waals surface area contributed by atoms with Crippen LogP contribution in [0.5, 0.6) is 0 Å². The number of nitriles is 1. The van der Waals surface area contributed by atoms with E-state index < -0.39 is 18.1 Å². The molecule has 1 aliphatic carbocycles. The maximum atomic E-state index is 12.0. The van der Waals surface area contributed by atoms with Crippen LogP contribution < -0.4 is 5.32 Å². The zero-order valence-electron chi connectivity index (χ0n) is 10.5. The van der Waals surface area contributed by atoms with Gasteiger partial charge in [-0.15, -0.1) is 0 Å². The summed E-state index contributed by atoms with van der Waals surface area (Å²) in [6.07, 6.45) is -2.42. The predicted octanol–water partition coefficient (Wildman–Crippen LogP) is 2.63. The lowest BCUT2D eigenvalue weighted by Crippen LogP contribution is -2.50. The van der Waals surface area contributed by atoms with E-state index in [-0.39, 0.29) is 19.1 Å². The molecule has 18 heavy (non-hydrogen) atoms. The highest BCUT2D eigenvalue weighted by atomic mass is 19.4. The first kappa shape index (κ1) is 15.3. The molecule has 0 bridgehead atoms. The van der Waals surface area contributed by atoms with Gasteiger partial charge in [0.25, 0.3) is 0 Å². The van der Waals surface area contributed by atoms with Crippen molar-refractivity contribution in [1.29, 1.82) is 5.26 Å². The Labute approximate surface area is 105 Å². The molecule has 1 rings (SSSR count). The number of halogens is 3. The van der Waals surface area contributed by atoms with E-state index in [1.807, 2.05) is 6.92 Å². The Hall–Kier alpha value is -0.800. The first-order valence-electron chi connectivity index (χ1n) is 6.24. The van der Waals surface area contributed by atoms with Crippen molar-refractivity contribution in [3.63, 3.8) is 0 Å². The van der Waals surface area contributed by atoms with E-state index >= 15 is 0 Å². The fraction of sp³-hybridized carbons (Fsp3) is 0.917. The number of nitrogens with zero attached hydrogens (tertiary/aromatic N) is 1. The molecule has 1 N–H and O–H groups in total. The van der Waals surface area contributed by atoms with Gasteiger partial charge in [-0.25, -0.2) is 0 Å². The molecule has 0 radical (unpaired) electrons. The number of hydrogen-bond acceptors (Lipinski definition) is 3. The second-order valence-electron chi connectivity index (χ2n) is 4.70. The third kappa shape index (κ3) is 4.83. The first-order valence-corrected chi connectivity index (χ1v) is 6.24. The van der Waals surface area contributed by atoms with Crippen molar-refractivity contribution in [2.45, 2.75) is 44.3 Å². The zero-order chi connectivity index (χ0) is 13.6. The fourth-order valence-electron chi connectivity index (χ4n) is 1.82. The van der Waals surface area contributed by atoms with Gasteiger partial charge in [0, 0.05) is 0 Å². The molecule has 1 unspecified atom stereocenters. The Morgan fingerprint density at radius 3 is 2.50 bits per heavy atom. The fourth-order valence-corrected chi connectivity index (χ4v) is 1.82. The standard InChI is InChI=1S/C12H19F3N2O/c1-2-6-17-11(8-16,10-3-4-10)9-18-7-5-12(13,14)15/h10,17H,2-7,9H2,1H3. The van der Waals surface area contributed by atoms with Gasteiger partial charge in [0.1, 0.15) is 5.54 Å². The third-order valence-electron chi connectivity index (χ3n) is 3.02. The van der Waals surface area contributed by atoms with Crippen LogP contribution in [0.3, 0.4) is 0 Å². The SMILES string of the molecule is CCCNC(C#N)(COCCC(F)(F)F)C1CC1. The minimum absolute atomic E-state index is 0.0320. The Morgan fingerprint density at radius 2 is 2.06 bits per heavy atom. The molecule has 1 aliphatic rings. The van der Waals surface area contributed by atoms with Gasteiger partial charge in [0.05, 0.1) is 25.7 Å². The monoisotopic (exact) mass is 264 g/mol. The number of alkyl halides is 3. The lowest BCUT2D eigenvalue weighted by Gasteiger charge is -2.27. The van der Waals surface area contributed by atoms with Crippen molar-refractivity contribution >= 4 is 0 Å². The van der Waals surface area contributed by atoms with Crippen LogP contribution >= 0.6 is 0 Å². The Kier molecular flexibility index (Phi) is 5.42. The van der Waals surface area contributed by atoms with Gasteiger partial charge in [-0.05, 0) is 31.7 Å². The van der Waals surface area contributed by atoms with E-state index in [1.165, 1.54) is 0 Å². The van der Waals surface area contributed by atoms with Crippen molar-refractivity contribution < 1.29 is 17.9 Å². The molecular weight excluding hydrogens is 245 g/mol. The highest BCUT2D eigenvalue weighted by Gasteiger charge is 2.45. The minimum Gasteiger partial charge on any atom is -0.378 e. The van der Waals surface area contributed by atoms with Gasteiger partial charge < -0.3 is 4.74 Å². The van der Waals surface area contributed by atoms with Crippen LogP contribution in [0.4, 0.5) is 13.2 Å². The van der Waals surface area contributed by atoms with Crippen LogP contribution in [0.25, 0.3) is 0 Å². The summed E-state index contributed by atoms with van der Waals surface area (Å²) in [5.74, 6) is 0.208. The number of ether oxygens (including phenoxy) is 1. The van der Waals surface area contributed by atoms with E-state index in [1.54, 1.807) is 0 Å². The van der Waals surface area contributed by atoms with Crippen LogP contribution in [-0.4, -0.2) is 31.5 Å². The average molecular weight is 264 g/mol. The number of rotatable bonds is 8. The Bertz CT molecular complexity index is 297. The van der Waals surface area contributed by atoms with Crippen molar-refractivity contribution in [3.8, 4) is 6.07 Å². The second-order valence-corrected chi connectivity index (χ2v) is 4.70. The third-order valence-corrected chi connectivity index (χ3v) is 3.02. The molecule has 0 aromatic heterocycles. The molecule has 1 atom stereocenters. The topological polar surface area (TPSA) is 45.0 Å². The first-order chi connectivity index (χ1) is 8.43. The summed E-state index contributed by atoms with van der Waals surface area (Å²) in [5, 5.41) is 12.4. The average Bonchev–Trinajstić information content (AvgIpc) is 3.12. The summed E-state index contributed by atoms with van der Waals surface area (Å²) in [6, 6.07) is 2.19. The molecule has 1 fully saturated rings. The summed E-state index contributed by atoms with van der Waals surface area (Å²) in [6.45, 7) is 2.30. The summed E-state index contributed by atoms with van der Waals surface area (Å²) in [5.41, 5.74) is -0.804. The summed E-state index contributed by atoms with van der Waals surface area (Å²) in [7, 11) is 0. The quantitative estimate of drug-likeness (QED) is 0.685. The zero-order valence-corrected chi connectivity index (χ0v) is 10.5. The number of nitrogens with one attached hydrogen (secondary N) is 1. The summed E-state index contributed by atoms with van der Waals surface area (Å²) < 4.78 is 41.0. The van der Waals surface area contributed by atoms with Gasteiger partial charge in [-0.1, -0.05) is 6.92 Å². The minimum atomic E-state index is -4.20. The van der Waals surface area contributed by atoms with Gasteiger partial charge >= 0.3 is 6.18 Å². The smallest absolute Gasteiger partial charge is 0.378 e. The molecule has 0 heterocycles. The van der Waals surface area contributed by atoms with Crippen molar-refractivity contribution in [2.24, 2.45) is 5.92 Å². The molecule has 0 amide bonds. The van der Waals surface area contributed by atoms with Crippen LogP contribution in [0, 0.1) is 17.2 Å². The summed E-state index contributed by atoms with van der Waals surface area (Å²) >= 11 is 0. The van der Waals surface area contributed by atoms with Crippen LogP contribution in [0.15, 0.2) is 0 Å². The second kappa shape index (κ2) is 6.39. The van der Waals surface area contributed by atoms with E-state index in [0.29, 0.717) is 6.54 Å². The maximum absolute atomic E-state index is 12.0. The van der Waals surface area contributed by atoms with Gasteiger partial charge in [0.15, 0.2) is 0 Å². The van der Waals surface area contributed by atoms with E-state index in [4.69, 9.17) is 4.74 Å². The molecule has 6 heteroatoms. The van der Waals surface area contributed by atoms with Crippen molar-refractivity contribution in [1.82, 2.24) is 5.32 Å². The molecule has 0 aromatic rings. The normalized spacial score (nSPS) is 19.3. The van der Waals surface area contributed by atoms with Crippen molar-refractivity contribution in [2.75, 3.05) is 19.8 Å². The molecule has 0 aliphatic heterocycles. The molecule has 0 aromatic carbocycles. The lowest BCUT2D eigenvalue weighted by atomic mass is 9.96. The highest BCUT2D eigenvalue weighted by molar-refractivity contribution is 5.15. The largest absolute Gasteiger partial charge is 0.391 e. The molecule has 0 spiro atoms. The van der Waals surface area contributed by atoms with Crippen LogP contribution in [0.1, 0.15) is 32.6 Å². The molecule has 3 nitrogen and oxygen atoms in total. The Morgan fingerprint density at radius 1 is 1.39 bits per heavy atom. The van der Waals surface area contributed by atoms with Crippen molar-refractivity contribution in [3.05, 3.63) is 0 Å². The maximum Gasteiger partial charge on any atom is 0.391 e. The summed E-state index contributed by atoms with van der Waals surface area (Å²) in [4.78, 5) is 0. The highest BCUT2D eigenvalue weighted by Crippen LogP contribution is 2.39. The lowest BCUT2D eigenvalue weighted by molar-refractivity contribution is -0.146.